The Hall–Kier alpha value is -2.93. The fraction of sp³-hybridized carbons (Fsp3) is 0.350. The minimum Gasteiger partial charge on any atom is -0.391 e. The second-order valence-corrected chi connectivity index (χ2v) is 7.16. The zero-order chi connectivity index (χ0) is 18.8. The van der Waals surface area contributed by atoms with Crippen molar-refractivity contribution >= 4 is 5.91 Å². The lowest BCUT2D eigenvalue weighted by molar-refractivity contribution is 0.0873. The summed E-state index contributed by atoms with van der Waals surface area (Å²) in [6.07, 6.45) is 8.16. The quantitative estimate of drug-likeness (QED) is 0.723. The summed E-state index contributed by atoms with van der Waals surface area (Å²) in [5.41, 5.74) is 2.32. The topological polar surface area (TPSA) is 85.0 Å². The Morgan fingerprint density at radius 3 is 2.85 bits per heavy atom. The maximum atomic E-state index is 12.9. The summed E-state index contributed by atoms with van der Waals surface area (Å²) in [6.45, 7) is 0.753. The van der Waals surface area contributed by atoms with Crippen LogP contribution in [0, 0.1) is 5.92 Å². The lowest BCUT2D eigenvalue weighted by Crippen LogP contribution is -2.40. The van der Waals surface area contributed by atoms with Gasteiger partial charge in [0.25, 0.3) is 5.91 Å². The average molecular weight is 365 g/mol. The number of carbonyl (C=O) groups is 1. The molecule has 0 radical (unpaired) electrons. The van der Waals surface area contributed by atoms with Crippen LogP contribution < -0.4 is 5.32 Å². The molecule has 1 fully saturated rings. The molecule has 1 aromatic carbocycles. The molecule has 7 heteroatoms. The zero-order valence-corrected chi connectivity index (χ0v) is 15.2. The van der Waals surface area contributed by atoms with Gasteiger partial charge in [-0.25, -0.2) is 0 Å². The Morgan fingerprint density at radius 2 is 2.11 bits per heavy atom. The van der Waals surface area contributed by atoms with Gasteiger partial charge in [0.05, 0.1) is 18.3 Å². The molecule has 1 saturated carbocycles. The third-order valence-electron chi connectivity index (χ3n) is 5.14. The van der Waals surface area contributed by atoms with E-state index in [4.69, 9.17) is 0 Å². The number of aryl methyl sites for hydroxylation is 1. The molecule has 1 aliphatic rings. The first-order valence-corrected chi connectivity index (χ1v) is 9.14. The molecule has 4 rings (SSSR count). The van der Waals surface area contributed by atoms with Crippen LogP contribution in [0.1, 0.15) is 23.2 Å². The van der Waals surface area contributed by atoms with E-state index in [1.807, 2.05) is 48.4 Å². The molecule has 140 valence electrons. The van der Waals surface area contributed by atoms with E-state index in [9.17, 15) is 9.90 Å². The molecule has 0 bridgehead atoms. The molecule has 2 heterocycles. The molecular weight excluding hydrogens is 342 g/mol. The van der Waals surface area contributed by atoms with Crippen LogP contribution >= 0.6 is 0 Å². The van der Waals surface area contributed by atoms with Gasteiger partial charge in [-0.1, -0.05) is 18.2 Å². The Morgan fingerprint density at radius 1 is 1.26 bits per heavy atom. The van der Waals surface area contributed by atoms with E-state index in [2.05, 4.69) is 15.5 Å². The maximum Gasteiger partial charge on any atom is 0.252 e. The number of nitrogens with one attached hydrogen (secondary N) is 1. The number of hydrogen-bond donors (Lipinski definition) is 2. The number of nitrogens with zero attached hydrogens (tertiary/aromatic N) is 4. The van der Waals surface area contributed by atoms with Gasteiger partial charge in [0.1, 0.15) is 0 Å². The number of aliphatic hydroxyl groups is 1. The number of benzene rings is 1. The fourth-order valence-electron chi connectivity index (χ4n) is 3.83. The van der Waals surface area contributed by atoms with Crippen LogP contribution in [0.3, 0.4) is 0 Å². The summed E-state index contributed by atoms with van der Waals surface area (Å²) in [7, 11) is 1.85. The first-order valence-electron chi connectivity index (χ1n) is 9.14. The van der Waals surface area contributed by atoms with Gasteiger partial charge >= 0.3 is 0 Å². The molecule has 0 spiro atoms. The third-order valence-corrected chi connectivity index (χ3v) is 5.14. The van der Waals surface area contributed by atoms with E-state index < -0.39 is 6.10 Å². The molecule has 2 aromatic heterocycles. The molecule has 27 heavy (non-hydrogen) atoms. The highest BCUT2D eigenvalue weighted by Crippen LogP contribution is 2.29. The predicted octanol–water partition coefficient (Wildman–Crippen LogP) is 1.85. The second-order valence-electron chi connectivity index (χ2n) is 7.16. The average Bonchev–Trinajstić information content (AvgIpc) is 3.38. The van der Waals surface area contributed by atoms with Crippen molar-refractivity contribution in [2.75, 3.05) is 0 Å². The summed E-state index contributed by atoms with van der Waals surface area (Å²) < 4.78 is 3.59. The van der Waals surface area contributed by atoms with E-state index in [-0.39, 0.29) is 11.9 Å². The van der Waals surface area contributed by atoms with Crippen molar-refractivity contribution in [1.29, 1.82) is 0 Å². The Balaban J connectivity index is 1.46. The van der Waals surface area contributed by atoms with Crippen molar-refractivity contribution in [2.45, 2.75) is 31.5 Å². The van der Waals surface area contributed by atoms with Crippen molar-refractivity contribution < 1.29 is 9.90 Å². The van der Waals surface area contributed by atoms with E-state index >= 15 is 0 Å². The molecule has 1 amide bonds. The number of rotatable bonds is 5. The first kappa shape index (κ1) is 17.5. The molecule has 0 saturated heterocycles. The van der Waals surface area contributed by atoms with Gasteiger partial charge in [0, 0.05) is 43.3 Å². The van der Waals surface area contributed by atoms with Crippen LogP contribution in [-0.2, 0) is 13.6 Å². The summed E-state index contributed by atoms with van der Waals surface area (Å²) in [5, 5.41) is 21.9. The van der Waals surface area contributed by atoms with Crippen molar-refractivity contribution in [3.05, 3.63) is 60.7 Å². The highest BCUT2D eigenvalue weighted by Gasteiger charge is 2.34. The van der Waals surface area contributed by atoms with Gasteiger partial charge in [-0.15, -0.1) is 0 Å². The van der Waals surface area contributed by atoms with Crippen LogP contribution in [-0.4, -0.2) is 42.7 Å². The largest absolute Gasteiger partial charge is 0.391 e. The minimum atomic E-state index is -0.542. The van der Waals surface area contributed by atoms with Crippen LogP contribution in [0.2, 0.25) is 0 Å². The van der Waals surface area contributed by atoms with Gasteiger partial charge in [0.15, 0.2) is 0 Å². The Bertz CT molecular complexity index is 918. The number of carbonyl (C=O) groups excluding carboxylic acids is 1. The van der Waals surface area contributed by atoms with Gasteiger partial charge < -0.3 is 10.4 Å². The van der Waals surface area contributed by atoms with Crippen molar-refractivity contribution in [3.8, 4) is 11.1 Å². The summed E-state index contributed by atoms with van der Waals surface area (Å²) in [5.74, 6) is 0.122. The van der Waals surface area contributed by atoms with Gasteiger partial charge in [-0.3, -0.25) is 14.2 Å². The Labute approximate surface area is 157 Å². The van der Waals surface area contributed by atoms with E-state index in [1.165, 1.54) is 0 Å². The number of aromatic nitrogens is 4. The molecule has 7 nitrogen and oxygen atoms in total. The monoisotopic (exact) mass is 365 g/mol. The van der Waals surface area contributed by atoms with Crippen molar-refractivity contribution in [2.24, 2.45) is 13.0 Å². The smallest absolute Gasteiger partial charge is 0.252 e. The van der Waals surface area contributed by atoms with Crippen LogP contribution in [0.15, 0.2) is 55.1 Å². The van der Waals surface area contributed by atoms with Crippen molar-refractivity contribution in [3.63, 3.8) is 0 Å². The summed E-state index contributed by atoms with van der Waals surface area (Å²) in [6, 6.07) is 9.11. The predicted molar refractivity (Wildman–Crippen MR) is 101 cm³/mol. The first-order chi connectivity index (χ1) is 13.1. The van der Waals surface area contributed by atoms with Gasteiger partial charge in [-0.05, 0) is 36.5 Å². The lowest BCUT2D eigenvalue weighted by Gasteiger charge is -2.17. The minimum absolute atomic E-state index is 0.168. The lowest BCUT2D eigenvalue weighted by atomic mass is 10.0. The highest BCUT2D eigenvalue weighted by atomic mass is 16.3. The molecule has 2 N–H and O–H groups in total. The van der Waals surface area contributed by atoms with E-state index in [0.717, 1.165) is 24.1 Å². The SMILES string of the molecule is Cn1cc(-c2ccccc2C(=O)N[C@@H]2CC(Cn3cccn3)C[C@H]2O)cn1. The van der Waals surface area contributed by atoms with Gasteiger partial charge in [0.2, 0.25) is 0 Å². The standard InChI is InChI=1S/C20H23N5O2/c1-24-13-15(11-22-24)16-5-2-3-6-17(16)20(27)23-18-9-14(10-19(18)26)12-25-8-4-7-21-25/h2-8,11,13-14,18-19,26H,9-10,12H2,1H3,(H,23,27)/t14?,18-,19-/m1/s1. The number of hydrogen-bond acceptors (Lipinski definition) is 4. The zero-order valence-electron chi connectivity index (χ0n) is 15.2. The molecule has 0 aliphatic heterocycles. The highest BCUT2D eigenvalue weighted by molar-refractivity contribution is 6.01. The summed E-state index contributed by atoms with van der Waals surface area (Å²) >= 11 is 0. The number of aliphatic hydroxyl groups excluding tert-OH is 1. The van der Waals surface area contributed by atoms with E-state index in [0.29, 0.717) is 17.9 Å². The number of amides is 1. The summed E-state index contributed by atoms with van der Waals surface area (Å²) in [4.78, 5) is 12.9. The molecule has 1 unspecified atom stereocenters. The second kappa shape index (κ2) is 7.36. The van der Waals surface area contributed by atoms with Crippen molar-refractivity contribution in [1.82, 2.24) is 24.9 Å². The van der Waals surface area contributed by atoms with Crippen LogP contribution in [0.4, 0.5) is 0 Å². The van der Waals surface area contributed by atoms with Gasteiger partial charge in [-0.2, -0.15) is 10.2 Å². The fourth-order valence-corrected chi connectivity index (χ4v) is 3.83. The molecular formula is C20H23N5O2. The molecule has 3 atom stereocenters. The normalized spacial score (nSPS) is 22.1. The third kappa shape index (κ3) is 3.78. The molecule has 3 aromatic rings. The Kier molecular flexibility index (Phi) is 4.77. The van der Waals surface area contributed by atoms with Crippen LogP contribution in [0.5, 0.6) is 0 Å². The molecule has 1 aliphatic carbocycles. The van der Waals surface area contributed by atoms with E-state index in [1.54, 1.807) is 23.1 Å². The maximum absolute atomic E-state index is 12.9. The van der Waals surface area contributed by atoms with Crippen LogP contribution in [0.25, 0.3) is 11.1 Å².